The number of hydrogen-bond acceptors (Lipinski definition) is 4. The summed E-state index contributed by atoms with van der Waals surface area (Å²) in [6, 6.07) is 5.39. The van der Waals surface area contributed by atoms with E-state index in [1.165, 1.54) is 0 Å². The summed E-state index contributed by atoms with van der Waals surface area (Å²) < 4.78 is 5.76. The molecule has 1 aromatic heterocycles. The van der Waals surface area contributed by atoms with Gasteiger partial charge < -0.3 is 14.8 Å². The predicted octanol–water partition coefficient (Wildman–Crippen LogP) is 3.86. The molecule has 1 heterocycles. The number of nitrogens with one attached hydrogen (secondary N) is 1. The quantitative estimate of drug-likeness (QED) is 0.878. The summed E-state index contributed by atoms with van der Waals surface area (Å²) in [4.78, 5) is 27.9. The number of carboxylic acids is 1. The lowest BCUT2D eigenvalue weighted by Crippen LogP contribution is -2.21. The minimum absolute atomic E-state index is 0.0844. The highest BCUT2D eigenvalue weighted by Gasteiger charge is 2.33. The van der Waals surface area contributed by atoms with E-state index in [4.69, 9.17) is 9.52 Å². The number of carbonyl (C=O) groups is 2. The average Bonchev–Trinajstić information content (AvgIpc) is 3.10. The molecule has 2 N–H and O–H groups in total. The fourth-order valence-corrected chi connectivity index (χ4v) is 3.27. The van der Waals surface area contributed by atoms with Crippen LogP contribution in [-0.2, 0) is 16.0 Å². The van der Waals surface area contributed by atoms with Crippen LogP contribution >= 0.6 is 0 Å². The van der Waals surface area contributed by atoms with Crippen molar-refractivity contribution in [3.63, 3.8) is 0 Å². The molecule has 3 rings (SSSR count). The first-order chi connectivity index (χ1) is 11.7. The molecule has 1 saturated carbocycles. The Bertz CT molecular complexity index is 803. The molecule has 2 aromatic rings. The number of carbonyl (C=O) groups excluding carboxylic acids is 1. The van der Waals surface area contributed by atoms with Crippen molar-refractivity contribution in [1.29, 1.82) is 0 Å². The normalized spacial score (nSPS) is 20.8. The second kappa shape index (κ2) is 6.50. The largest absolute Gasteiger partial charge is 0.481 e. The minimum atomic E-state index is -0.814. The summed E-state index contributed by atoms with van der Waals surface area (Å²) >= 11 is 0. The average molecular weight is 344 g/mol. The molecule has 1 amide bonds. The summed E-state index contributed by atoms with van der Waals surface area (Å²) in [5.74, 6) is -0.905. The number of hydrogen-bond donors (Lipinski definition) is 2. The zero-order valence-corrected chi connectivity index (χ0v) is 14.8. The van der Waals surface area contributed by atoms with E-state index < -0.39 is 11.9 Å². The lowest BCUT2D eigenvalue weighted by Gasteiger charge is -2.14. The molecule has 25 heavy (non-hydrogen) atoms. The van der Waals surface area contributed by atoms with Crippen molar-refractivity contribution in [2.45, 2.75) is 46.5 Å². The van der Waals surface area contributed by atoms with Gasteiger partial charge in [0.25, 0.3) is 0 Å². The predicted molar refractivity (Wildman–Crippen MR) is 94.3 cm³/mol. The van der Waals surface area contributed by atoms with Crippen molar-refractivity contribution in [3.05, 3.63) is 24.1 Å². The van der Waals surface area contributed by atoms with Crippen LogP contribution in [0.15, 0.2) is 22.6 Å². The number of benzene rings is 1. The number of aliphatic carboxylic acids is 1. The molecular formula is C19H24N2O4. The smallest absolute Gasteiger partial charge is 0.306 e. The number of nitrogens with zero attached hydrogens (tertiary/aromatic N) is 1. The third-order valence-corrected chi connectivity index (χ3v) is 4.53. The summed E-state index contributed by atoms with van der Waals surface area (Å²) in [5, 5.41) is 11.9. The Hall–Kier alpha value is -2.37. The Morgan fingerprint density at radius 3 is 2.64 bits per heavy atom. The minimum Gasteiger partial charge on any atom is -0.481 e. The van der Waals surface area contributed by atoms with Gasteiger partial charge in [0.05, 0.1) is 5.92 Å². The van der Waals surface area contributed by atoms with Crippen molar-refractivity contribution < 1.29 is 19.1 Å². The van der Waals surface area contributed by atoms with Crippen LogP contribution in [0.5, 0.6) is 0 Å². The molecule has 0 radical (unpaired) electrons. The van der Waals surface area contributed by atoms with E-state index >= 15 is 0 Å². The van der Waals surface area contributed by atoms with Crippen LogP contribution in [-0.4, -0.2) is 22.0 Å². The monoisotopic (exact) mass is 344 g/mol. The first-order valence-electron chi connectivity index (χ1n) is 8.64. The molecule has 0 unspecified atom stereocenters. The second-order valence-electron chi connectivity index (χ2n) is 8.06. The van der Waals surface area contributed by atoms with Gasteiger partial charge in [0.2, 0.25) is 5.91 Å². The van der Waals surface area contributed by atoms with E-state index in [1.54, 1.807) is 18.2 Å². The van der Waals surface area contributed by atoms with E-state index in [-0.39, 0.29) is 17.2 Å². The zero-order chi connectivity index (χ0) is 18.2. The number of oxazole rings is 1. The van der Waals surface area contributed by atoms with E-state index in [0.717, 1.165) is 6.42 Å². The number of amides is 1. The van der Waals surface area contributed by atoms with Gasteiger partial charge in [0, 0.05) is 18.0 Å². The van der Waals surface area contributed by atoms with Crippen molar-refractivity contribution in [2.24, 2.45) is 17.3 Å². The maximum atomic E-state index is 12.4. The van der Waals surface area contributed by atoms with Crippen molar-refractivity contribution in [1.82, 2.24) is 4.98 Å². The lowest BCUT2D eigenvalue weighted by molar-refractivity contribution is -0.141. The topological polar surface area (TPSA) is 92.4 Å². The van der Waals surface area contributed by atoms with Gasteiger partial charge in [0.15, 0.2) is 11.5 Å². The van der Waals surface area contributed by atoms with Crippen molar-refractivity contribution in [2.75, 3.05) is 5.32 Å². The van der Waals surface area contributed by atoms with Crippen LogP contribution in [0.4, 0.5) is 5.69 Å². The molecular weight excluding hydrogens is 320 g/mol. The number of aromatic nitrogens is 1. The fourth-order valence-electron chi connectivity index (χ4n) is 3.27. The molecule has 1 fully saturated rings. The first-order valence-corrected chi connectivity index (χ1v) is 8.64. The molecule has 1 aromatic carbocycles. The summed E-state index contributed by atoms with van der Waals surface area (Å²) in [7, 11) is 0. The fraction of sp³-hybridized carbons (Fsp3) is 0.526. The third kappa shape index (κ3) is 4.18. The molecule has 6 nitrogen and oxygen atoms in total. The van der Waals surface area contributed by atoms with Gasteiger partial charge >= 0.3 is 5.97 Å². The number of anilines is 1. The van der Waals surface area contributed by atoms with E-state index in [0.29, 0.717) is 41.9 Å². The van der Waals surface area contributed by atoms with Gasteiger partial charge in [-0.3, -0.25) is 9.59 Å². The summed E-state index contributed by atoms with van der Waals surface area (Å²) in [6.45, 7) is 6.37. The van der Waals surface area contributed by atoms with Crippen molar-refractivity contribution >= 4 is 28.7 Å². The second-order valence-corrected chi connectivity index (χ2v) is 8.06. The molecule has 0 bridgehead atoms. The molecule has 134 valence electrons. The number of rotatable bonds is 4. The van der Waals surface area contributed by atoms with Crippen LogP contribution < -0.4 is 5.32 Å². The summed E-state index contributed by atoms with van der Waals surface area (Å²) in [6.07, 6.45) is 2.32. The molecule has 2 atom stereocenters. The van der Waals surface area contributed by atoms with Gasteiger partial charge in [-0.05, 0) is 42.9 Å². The Morgan fingerprint density at radius 2 is 2.00 bits per heavy atom. The van der Waals surface area contributed by atoms with Gasteiger partial charge in [-0.2, -0.15) is 0 Å². The van der Waals surface area contributed by atoms with Crippen LogP contribution in [0.2, 0.25) is 0 Å². The zero-order valence-electron chi connectivity index (χ0n) is 14.8. The standard InChI is InChI=1S/C19H24N2O4/c1-19(2,3)10-16-21-14-9-13(6-7-15(14)25-16)20-17(22)11-4-5-12(8-11)18(23)24/h6-7,9,11-12H,4-5,8,10H2,1-3H3,(H,20,22)(H,23,24)/t11-,12+/m1/s1. The van der Waals surface area contributed by atoms with Gasteiger partial charge in [-0.15, -0.1) is 0 Å². The highest BCUT2D eigenvalue weighted by atomic mass is 16.4. The van der Waals surface area contributed by atoms with Gasteiger partial charge in [0.1, 0.15) is 5.52 Å². The molecule has 1 aliphatic carbocycles. The van der Waals surface area contributed by atoms with Crippen LogP contribution in [0.25, 0.3) is 11.1 Å². The Kier molecular flexibility index (Phi) is 4.54. The summed E-state index contributed by atoms with van der Waals surface area (Å²) in [5.41, 5.74) is 2.16. The maximum absolute atomic E-state index is 12.4. The molecule has 6 heteroatoms. The van der Waals surface area contributed by atoms with Crippen LogP contribution in [0.1, 0.15) is 45.9 Å². The van der Waals surface area contributed by atoms with E-state index in [2.05, 4.69) is 31.1 Å². The van der Waals surface area contributed by atoms with Gasteiger partial charge in [-0.25, -0.2) is 4.98 Å². The molecule has 0 spiro atoms. The van der Waals surface area contributed by atoms with Crippen LogP contribution in [0, 0.1) is 17.3 Å². The molecule has 0 saturated heterocycles. The SMILES string of the molecule is CC(C)(C)Cc1nc2cc(NC(=O)[C@@H]3CC[C@H](C(=O)O)C3)ccc2o1. The number of carboxylic acid groups (broad SMARTS) is 1. The molecule has 1 aliphatic rings. The Morgan fingerprint density at radius 1 is 1.28 bits per heavy atom. The van der Waals surface area contributed by atoms with Gasteiger partial charge in [-0.1, -0.05) is 20.8 Å². The Balaban J connectivity index is 1.69. The number of fused-ring (bicyclic) bond motifs is 1. The van der Waals surface area contributed by atoms with Crippen LogP contribution in [0.3, 0.4) is 0 Å². The third-order valence-electron chi connectivity index (χ3n) is 4.53. The molecule has 0 aliphatic heterocycles. The lowest BCUT2D eigenvalue weighted by atomic mass is 9.92. The van der Waals surface area contributed by atoms with Crippen molar-refractivity contribution in [3.8, 4) is 0 Å². The van der Waals surface area contributed by atoms with E-state index in [9.17, 15) is 9.59 Å². The maximum Gasteiger partial charge on any atom is 0.306 e. The first kappa shape index (κ1) is 17.5. The Labute approximate surface area is 146 Å². The van der Waals surface area contributed by atoms with E-state index in [1.807, 2.05) is 0 Å². The highest BCUT2D eigenvalue weighted by Crippen LogP contribution is 2.32. The highest BCUT2D eigenvalue weighted by molar-refractivity contribution is 5.94.